The van der Waals surface area contributed by atoms with Crippen LogP contribution in [0.1, 0.15) is 40.2 Å². The molecule has 0 saturated carbocycles. The highest BCUT2D eigenvalue weighted by Gasteiger charge is 2.28. The quantitative estimate of drug-likeness (QED) is 0.230. The van der Waals surface area contributed by atoms with Crippen LogP contribution >= 0.6 is 0 Å². The van der Waals surface area contributed by atoms with Crippen molar-refractivity contribution in [2.75, 3.05) is 0 Å². The van der Waals surface area contributed by atoms with Crippen molar-refractivity contribution in [3.8, 4) is 22.4 Å². The summed E-state index contributed by atoms with van der Waals surface area (Å²) in [5, 5.41) is 1.13. The molecule has 1 aliphatic rings. The van der Waals surface area contributed by atoms with Gasteiger partial charge in [-0.15, -0.1) is 0 Å². The van der Waals surface area contributed by atoms with Gasteiger partial charge in [-0.05, 0) is 47.7 Å². The Labute approximate surface area is 235 Å². The van der Waals surface area contributed by atoms with Gasteiger partial charge in [-0.3, -0.25) is 4.99 Å². The molecule has 1 aromatic heterocycles. The molecule has 0 bridgehead atoms. The van der Waals surface area contributed by atoms with E-state index in [9.17, 15) is 0 Å². The van der Waals surface area contributed by atoms with Gasteiger partial charge in [-0.2, -0.15) is 0 Å². The van der Waals surface area contributed by atoms with E-state index in [0.717, 1.165) is 40.0 Å². The Morgan fingerprint density at radius 2 is 1.23 bits per heavy atom. The zero-order chi connectivity index (χ0) is 27.1. The van der Waals surface area contributed by atoms with Gasteiger partial charge in [0, 0.05) is 29.0 Å². The summed E-state index contributed by atoms with van der Waals surface area (Å²) in [5.41, 5.74) is 13.7. The molecule has 1 unspecified atom stereocenters. The predicted octanol–water partition coefficient (Wildman–Crippen LogP) is 9.84. The van der Waals surface area contributed by atoms with E-state index in [1.165, 1.54) is 38.9 Å². The van der Waals surface area contributed by atoms with Gasteiger partial charge in [0.25, 0.3) is 0 Å². The van der Waals surface area contributed by atoms with Crippen LogP contribution in [0.5, 0.6) is 0 Å². The normalized spacial score (nSPS) is 14.6. The Hall–Kier alpha value is -4.82. The highest BCUT2D eigenvalue weighted by molar-refractivity contribution is 6.09. The molecule has 192 valence electrons. The van der Waals surface area contributed by atoms with E-state index < -0.39 is 0 Å². The molecule has 0 aliphatic carbocycles. The van der Waals surface area contributed by atoms with Crippen LogP contribution in [0.15, 0.2) is 132 Å². The topological polar surface area (TPSA) is 25.2 Å². The van der Waals surface area contributed by atoms with E-state index in [1.54, 1.807) is 0 Å². The number of aliphatic imine (C=N–C) groups is 1. The lowest BCUT2D eigenvalue weighted by atomic mass is 9.81. The molecule has 6 aromatic rings. The molecule has 0 amide bonds. The van der Waals surface area contributed by atoms with Crippen molar-refractivity contribution in [3.63, 3.8) is 0 Å². The van der Waals surface area contributed by atoms with Crippen molar-refractivity contribution < 1.29 is 0 Å². The zero-order valence-electron chi connectivity index (χ0n) is 22.8. The highest BCUT2D eigenvalue weighted by Crippen LogP contribution is 2.45. The summed E-state index contributed by atoms with van der Waals surface area (Å²) < 4.78 is 0. The average molecular weight is 515 g/mol. The summed E-state index contributed by atoms with van der Waals surface area (Å²) in [6.07, 6.45) is 0.856. The number of nitrogens with zero attached hydrogens (tertiary/aromatic N) is 2. The molecule has 40 heavy (non-hydrogen) atoms. The smallest absolute Gasteiger partial charge is 0.0975 e. The van der Waals surface area contributed by atoms with Gasteiger partial charge in [0.05, 0.1) is 16.9 Å². The zero-order valence-corrected chi connectivity index (χ0v) is 22.8. The summed E-state index contributed by atoms with van der Waals surface area (Å²) in [6.45, 7) is 4.25. The SMILES string of the molecule is Cc1ccc(C2=Nc3c(ccc4c(-c5ccccc5)cc(-c5ccc(C)cc5)nc34)C(c3ccccc3)C2)cc1. The van der Waals surface area contributed by atoms with Gasteiger partial charge in [0.1, 0.15) is 0 Å². The van der Waals surface area contributed by atoms with E-state index in [2.05, 4.69) is 141 Å². The molecular formula is C38H30N2. The van der Waals surface area contributed by atoms with Crippen molar-refractivity contribution in [2.45, 2.75) is 26.2 Å². The monoisotopic (exact) mass is 514 g/mol. The van der Waals surface area contributed by atoms with Crippen LogP contribution in [0.2, 0.25) is 0 Å². The standard InChI is InChI=1S/C38H30N2/c1-25-13-17-29(18-14-25)35-23-33(27-9-5-3-6-10-27)31-21-22-32-34(28-11-7-4-8-12-28)24-36(40-38(32)37(31)39-35)30-19-15-26(2)16-20-30/h3-23,34H,24H2,1-2H3. The number of benzene rings is 5. The molecule has 0 saturated heterocycles. The maximum atomic E-state index is 5.39. The maximum absolute atomic E-state index is 5.39. The lowest BCUT2D eigenvalue weighted by Crippen LogP contribution is -2.15. The lowest BCUT2D eigenvalue weighted by Gasteiger charge is -2.27. The molecule has 5 aromatic carbocycles. The van der Waals surface area contributed by atoms with Crippen molar-refractivity contribution in [1.82, 2.24) is 4.98 Å². The first-order chi connectivity index (χ1) is 19.6. The fourth-order valence-corrected chi connectivity index (χ4v) is 5.82. The van der Waals surface area contributed by atoms with E-state index in [-0.39, 0.29) is 5.92 Å². The van der Waals surface area contributed by atoms with Gasteiger partial charge in [-0.25, -0.2) is 4.98 Å². The van der Waals surface area contributed by atoms with Crippen LogP contribution in [0.4, 0.5) is 5.69 Å². The molecule has 7 rings (SSSR count). The van der Waals surface area contributed by atoms with Gasteiger partial charge in [0.15, 0.2) is 0 Å². The third-order valence-electron chi connectivity index (χ3n) is 8.02. The summed E-state index contributed by atoms with van der Waals surface area (Å²) in [4.78, 5) is 10.7. The van der Waals surface area contributed by atoms with Crippen LogP contribution in [0.3, 0.4) is 0 Å². The average Bonchev–Trinajstić information content (AvgIpc) is 3.01. The second-order valence-electron chi connectivity index (χ2n) is 10.8. The molecule has 2 nitrogen and oxygen atoms in total. The second-order valence-corrected chi connectivity index (χ2v) is 10.8. The first-order valence-electron chi connectivity index (χ1n) is 13.9. The third-order valence-corrected chi connectivity index (χ3v) is 8.02. The van der Waals surface area contributed by atoms with E-state index in [1.807, 2.05) is 0 Å². The second kappa shape index (κ2) is 10.1. The van der Waals surface area contributed by atoms with Crippen LogP contribution in [0.25, 0.3) is 33.3 Å². The number of pyridine rings is 1. The number of aromatic nitrogens is 1. The Morgan fingerprint density at radius 3 is 1.90 bits per heavy atom. The molecule has 0 radical (unpaired) electrons. The van der Waals surface area contributed by atoms with E-state index in [0.29, 0.717) is 0 Å². The highest BCUT2D eigenvalue weighted by atomic mass is 14.8. The van der Waals surface area contributed by atoms with Crippen molar-refractivity contribution in [2.24, 2.45) is 4.99 Å². The molecule has 1 aliphatic heterocycles. The minimum absolute atomic E-state index is 0.208. The molecule has 0 fully saturated rings. The first-order valence-corrected chi connectivity index (χ1v) is 13.9. The minimum atomic E-state index is 0.208. The summed E-state index contributed by atoms with van der Waals surface area (Å²) in [5.74, 6) is 0.208. The summed E-state index contributed by atoms with van der Waals surface area (Å²) in [6, 6.07) is 45.6. The molecule has 2 heterocycles. The predicted molar refractivity (Wildman–Crippen MR) is 168 cm³/mol. The Morgan fingerprint density at radius 1 is 0.600 bits per heavy atom. The molecule has 2 heteroatoms. The minimum Gasteiger partial charge on any atom is -0.250 e. The molecular weight excluding hydrogens is 484 g/mol. The Bertz CT molecular complexity index is 1850. The van der Waals surface area contributed by atoms with Crippen LogP contribution in [0, 0.1) is 13.8 Å². The van der Waals surface area contributed by atoms with Gasteiger partial charge >= 0.3 is 0 Å². The number of aryl methyl sites for hydroxylation is 2. The van der Waals surface area contributed by atoms with Gasteiger partial charge < -0.3 is 0 Å². The van der Waals surface area contributed by atoms with Gasteiger partial charge in [-0.1, -0.05) is 132 Å². The maximum Gasteiger partial charge on any atom is 0.0975 e. The third kappa shape index (κ3) is 4.42. The fourth-order valence-electron chi connectivity index (χ4n) is 5.82. The van der Waals surface area contributed by atoms with E-state index >= 15 is 0 Å². The van der Waals surface area contributed by atoms with Crippen molar-refractivity contribution in [1.29, 1.82) is 0 Å². The molecule has 0 N–H and O–H groups in total. The Kier molecular flexibility index (Phi) is 6.09. The summed E-state index contributed by atoms with van der Waals surface area (Å²) in [7, 11) is 0. The number of hydrogen-bond donors (Lipinski definition) is 0. The number of fused-ring (bicyclic) bond motifs is 3. The Balaban J connectivity index is 1.53. The fraction of sp³-hybridized carbons (Fsp3) is 0.105. The number of rotatable bonds is 4. The first kappa shape index (κ1) is 24.2. The summed E-state index contributed by atoms with van der Waals surface area (Å²) >= 11 is 0. The van der Waals surface area contributed by atoms with E-state index in [4.69, 9.17) is 9.98 Å². The molecule has 0 spiro atoms. The van der Waals surface area contributed by atoms with Crippen molar-refractivity contribution in [3.05, 3.63) is 155 Å². The number of hydrogen-bond acceptors (Lipinski definition) is 2. The van der Waals surface area contributed by atoms with Crippen LogP contribution in [-0.4, -0.2) is 10.7 Å². The lowest BCUT2D eigenvalue weighted by molar-refractivity contribution is 0.842. The largest absolute Gasteiger partial charge is 0.250 e. The molecule has 1 atom stereocenters. The van der Waals surface area contributed by atoms with Crippen LogP contribution < -0.4 is 0 Å². The van der Waals surface area contributed by atoms with Gasteiger partial charge in [0.2, 0.25) is 0 Å². The van der Waals surface area contributed by atoms with Crippen LogP contribution in [-0.2, 0) is 0 Å². The van der Waals surface area contributed by atoms with Crippen molar-refractivity contribution >= 4 is 22.3 Å².